The van der Waals surface area contributed by atoms with Crippen LogP contribution in [-0.2, 0) is 9.59 Å². The van der Waals surface area contributed by atoms with E-state index in [9.17, 15) is 18.4 Å². The number of hydrogen-bond acceptors (Lipinski definition) is 4. The van der Waals surface area contributed by atoms with Gasteiger partial charge >= 0.3 is 0 Å². The third-order valence-electron chi connectivity index (χ3n) is 4.52. The van der Waals surface area contributed by atoms with Gasteiger partial charge in [0.05, 0.1) is 11.6 Å². The molecule has 0 aliphatic carbocycles. The molecule has 27 heavy (non-hydrogen) atoms. The molecule has 0 radical (unpaired) electrons. The van der Waals surface area contributed by atoms with E-state index in [1.807, 2.05) is 0 Å². The van der Waals surface area contributed by atoms with Gasteiger partial charge in [0.25, 0.3) is 0 Å². The molecule has 1 unspecified atom stereocenters. The summed E-state index contributed by atoms with van der Waals surface area (Å²) in [6.45, 7) is 1.03. The van der Waals surface area contributed by atoms with Crippen LogP contribution in [0.4, 0.5) is 20.2 Å². The number of nitrogens with one attached hydrogen (secondary N) is 1. The molecule has 2 amide bonds. The quantitative estimate of drug-likeness (QED) is 0.897. The van der Waals surface area contributed by atoms with Gasteiger partial charge in [0.1, 0.15) is 24.8 Å². The number of amides is 2. The molecule has 0 saturated carbocycles. The van der Waals surface area contributed by atoms with Crippen molar-refractivity contribution in [3.8, 4) is 11.5 Å². The van der Waals surface area contributed by atoms with Gasteiger partial charge in [0.15, 0.2) is 11.5 Å². The first kappa shape index (κ1) is 17.3. The van der Waals surface area contributed by atoms with Crippen molar-refractivity contribution in [1.29, 1.82) is 0 Å². The van der Waals surface area contributed by atoms with E-state index in [0.29, 0.717) is 30.4 Å². The van der Waals surface area contributed by atoms with E-state index < -0.39 is 23.5 Å². The molecular formula is C19H16F2N2O4. The number of carbonyl (C=O) groups excluding carboxylic acids is 2. The van der Waals surface area contributed by atoms with Gasteiger partial charge < -0.3 is 19.7 Å². The lowest BCUT2D eigenvalue weighted by Gasteiger charge is -2.22. The van der Waals surface area contributed by atoms with E-state index in [0.717, 1.165) is 18.2 Å². The Balaban J connectivity index is 1.49. The predicted octanol–water partition coefficient (Wildman–Crippen LogP) is 2.73. The maximum absolute atomic E-state index is 13.7. The van der Waals surface area contributed by atoms with Crippen molar-refractivity contribution in [2.75, 3.05) is 30.0 Å². The highest BCUT2D eigenvalue weighted by Gasteiger charge is 2.36. The van der Waals surface area contributed by atoms with Crippen molar-refractivity contribution in [3.05, 3.63) is 48.0 Å². The van der Waals surface area contributed by atoms with E-state index in [2.05, 4.69) is 5.32 Å². The molecule has 1 fully saturated rings. The first-order chi connectivity index (χ1) is 13.0. The van der Waals surface area contributed by atoms with Crippen molar-refractivity contribution in [2.45, 2.75) is 6.42 Å². The Morgan fingerprint density at radius 1 is 1.07 bits per heavy atom. The zero-order valence-electron chi connectivity index (χ0n) is 14.2. The van der Waals surface area contributed by atoms with Gasteiger partial charge in [0, 0.05) is 30.8 Å². The maximum Gasteiger partial charge on any atom is 0.229 e. The molecule has 2 aromatic carbocycles. The fourth-order valence-electron chi connectivity index (χ4n) is 3.16. The molecule has 6 nitrogen and oxygen atoms in total. The van der Waals surface area contributed by atoms with Crippen molar-refractivity contribution in [3.63, 3.8) is 0 Å². The molecule has 4 rings (SSSR count). The summed E-state index contributed by atoms with van der Waals surface area (Å²) >= 11 is 0. The lowest BCUT2D eigenvalue weighted by atomic mass is 10.1. The molecule has 1 atom stereocenters. The number of nitrogens with zero attached hydrogens (tertiary/aromatic N) is 1. The van der Waals surface area contributed by atoms with Crippen LogP contribution in [-0.4, -0.2) is 31.6 Å². The minimum Gasteiger partial charge on any atom is -0.486 e. The molecular weight excluding hydrogens is 358 g/mol. The standard InChI is InChI=1S/C19H16F2N2O4/c20-12-1-3-14(21)15(8-12)22-19(25)11-7-18(24)23(10-11)13-2-4-16-17(9-13)27-6-5-26-16/h1-4,8-9,11H,5-7,10H2,(H,22,25). The van der Waals surface area contributed by atoms with Crippen LogP contribution in [0.1, 0.15) is 6.42 Å². The van der Waals surface area contributed by atoms with E-state index >= 15 is 0 Å². The Morgan fingerprint density at radius 2 is 1.85 bits per heavy atom. The molecule has 1 saturated heterocycles. The third-order valence-corrected chi connectivity index (χ3v) is 4.52. The van der Waals surface area contributed by atoms with Crippen LogP contribution in [0, 0.1) is 17.6 Å². The number of fused-ring (bicyclic) bond motifs is 1. The Kier molecular flexibility index (Phi) is 4.39. The number of anilines is 2. The summed E-state index contributed by atoms with van der Waals surface area (Å²) in [6.07, 6.45) is -0.0167. The molecule has 0 aromatic heterocycles. The fourth-order valence-corrected chi connectivity index (χ4v) is 3.16. The van der Waals surface area contributed by atoms with Crippen molar-refractivity contribution >= 4 is 23.2 Å². The largest absolute Gasteiger partial charge is 0.486 e. The number of rotatable bonds is 3. The number of hydrogen-bond donors (Lipinski definition) is 1. The average molecular weight is 374 g/mol. The average Bonchev–Trinajstić information content (AvgIpc) is 3.06. The van der Waals surface area contributed by atoms with Crippen LogP contribution >= 0.6 is 0 Å². The second-order valence-electron chi connectivity index (χ2n) is 6.35. The molecule has 140 valence electrons. The number of halogens is 2. The highest BCUT2D eigenvalue weighted by Crippen LogP contribution is 2.36. The van der Waals surface area contributed by atoms with Gasteiger partial charge in [-0.1, -0.05) is 0 Å². The van der Waals surface area contributed by atoms with Gasteiger partial charge in [-0.25, -0.2) is 8.78 Å². The van der Waals surface area contributed by atoms with Gasteiger partial charge in [-0.05, 0) is 24.3 Å². The van der Waals surface area contributed by atoms with Crippen LogP contribution in [0.25, 0.3) is 0 Å². The van der Waals surface area contributed by atoms with Crippen LogP contribution in [0.3, 0.4) is 0 Å². The second-order valence-corrected chi connectivity index (χ2v) is 6.35. The predicted molar refractivity (Wildman–Crippen MR) is 92.9 cm³/mol. The Labute approximate surface area is 153 Å². The molecule has 8 heteroatoms. The monoisotopic (exact) mass is 374 g/mol. The van der Waals surface area contributed by atoms with Crippen LogP contribution < -0.4 is 19.7 Å². The summed E-state index contributed by atoms with van der Waals surface area (Å²) in [4.78, 5) is 26.3. The summed E-state index contributed by atoms with van der Waals surface area (Å²) in [5.41, 5.74) is 0.349. The van der Waals surface area contributed by atoms with Gasteiger partial charge in [0.2, 0.25) is 11.8 Å². The van der Waals surface area contributed by atoms with E-state index in [-0.39, 0.29) is 24.6 Å². The fraction of sp³-hybridized carbons (Fsp3) is 0.263. The number of carbonyl (C=O) groups is 2. The lowest BCUT2D eigenvalue weighted by molar-refractivity contribution is -0.122. The first-order valence-electron chi connectivity index (χ1n) is 8.47. The van der Waals surface area contributed by atoms with Crippen LogP contribution in [0.2, 0.25) is 0 Å². The van der Waals surface area contributed by atoms with Crippen molar-refractivity contribution < 1.29 is 27.8 Å². The molecule has 2 heterocycles. The molecule has 0 bridgehead atoms. The normalized spacial score (nSPS) is 18.5. The molecule has 0 spiro atoms. The van der Waals surface area contributed by atoms with E-state index in [4.69, 9.17) is 9.47 Å². The molecule has 2 aliphatic heterocycles. The SMILES string of the molecule is O=C(Nc1cc(F)ccc1F)C1CC(=O)N(c2ccc3c(c2)OCCO3)C1. The zero-order valence-corrected chi connectivity index (χ0v) is 14.2. The van der Waals surface area contributed by atoms with Gasteiger partial charge in [-0.2, -0.15) is 0 Å². The topological polar surface area (TPSA) is 67.9 Å². The summed E-state index contributed by atoms with van der Waals surface area (Å²) in [5.74, 6) is -1.69. The smallest absolute Gasteiger partial charge is 0.229 e. The lowest BCUT2D eigenvalue weighted by Crippen LogP contribution is -2.28. The number of benzene rings is 2. The number of ether oxygens (including phenoxy) is 2. The highest BCUT2D eigenvalue weighted by molar-refractivity contribution is 6.03. The van der Waals surface area contributed by atoms with Gasteiger partial charge in [-0.15, -0.1) is 0 Å². The maximum atomic E-state index is 13.7. The Hall–Kier alpha value is -3.16. The van der Waals surface area contributed by atoms with E-state index in [1.165, 1.54) is 4.90 Å². The summed E-state index contributed by atoms with van der Waals surface area (Å²) < 4.78 is 37.9. The summed E-state index contributed by atoms with van der Waals surface area (Å²) in [6, 6.07) is 7.94. The van der Waals surface area contributed by atoms with Crippen LogP contribution in [0.5, 0.6) is 11.5 Å². The minimum absolute atomic E-state index is 0.0167. The molecule has 2 aromatic rings. The molecule has 2 aliphatic rings. The van der Waals surface area contributed by atoms with Gasteiger partial charge in [-0.3, -0.25) is 9.59 Å². The summed E-state index contributed by atoms with van der Waals surface area (Å²) in [7, 11) is 0. The third kappa shape index (κ3) is 3.42. The van der Waals surface area contributed by atoms with Crippen molar-refractivity contribution in [2.24, 2.45) is 5.92 Å². The zero-order chi connectivity index (χ0) is 19.0. The Morgan fingerprint density at radius 3 is 2.67 bits per heavy atom. The summed E-state index contributed by atoms with van der Waals surface area (Å²) in [5, 5.41) is 2.36. The van der Waals surface area contributed by atoms with E-state index in [1.54, 1.807) is 18.2 Å². The van der Waals surface area contributed by atoms with Crippen LogP contribution in [0.15, 0.2) is 36.4 Å². The first-order valence-corrected chi connectivity index (χ1v) is 8.47. The highest BCUT2D eigenvalue weighted by atomic mass is 19.1. The Bertz CT molecular complexity index is 919. The second kappa shape index (κ2) is 6.86. The molecule has 1 N–H and O–H groups in total. The minimum atomic E-state index is -0.738. The van der Waals surface area contributed by atoms with Crippen molar-refractivity contribution in [1.82, 2.24) is 0 Å².